The molecule has 1 saturated carbocycles. The maximum absolute atomic E-state index is 12.8. The van der Waals surface area contributed by atoms with Crippen molar-refractivity contribution in [2.75, 3.05) is 19.6 Å². The van der Waals surface area contributed by atoms with Gasteiger partial charge in [-0.3, -0.25) is 4.79 Å². The van der Waals surface area contributed by atoms with Crippen molar-refractivity contribution >= 4 is 5.91 Å². The molecule has 136 valence electrons. The number of aliphatic hydroxyl groups is 1. The Morgan fingerprint density at radius 1 is 1.20 bits per heavy atom. The number of benzene rings is 1. The van der Waals surface area contributed by atoms with Crippen LogP contribution in [0.15, 0.2) is 24.3 Å². The summed E-state index contributed by atoms with van der Waals surface area (Å²) in [5.74, 6) is 1.96. The van der Waals surface area contributed by atoms with Crippen molar-refractivity contribution in [3.05, 3.63) is 35.4 Å². The number of piperidine rings is 1. The highest BCUT2D eigenvalue weighted by Crippen LogP contribution is 2.39. The van der Waals surface area contributed by atoms with Crippen molar-refractivity contribution in [3.63, 3.8) is 0 Å². The fourth-order valence-electron chi connectivity index (χ4n) is 4.52. The van der Waals surface area contributed by atoms with E-state index in [0.29, 0.717) is 17.7 Å². The van der Waals surface area contributed by atoms with Crippen LogP contribution in [0.5, 0.6) is 0 Å². The third kappa shape index (κ3) is 3.47. The van der Waals surface area contributed by atoms with Crippen LogP contribution in [0, 0.1) is 11.8 Å². The Bertz CT molecular complexity index is 630. The molecular formula is C21H30N2O2. The van der Waals surface area contributed by atoms with Crippen molar-refractivity contribution in [2.45, 2.75) is 57.1 Å². The van der Waals surface area contributed by atoms with Gasteiger partial charge in [-0.1, -0.05) is 37.1 Å². The van der Waals surface area contributed by atoms with E-state index in [0.717, 1.165) is 44.0 Å². The Morgan fingerprint density at radius 2 is 1.92 bits per heavy atom. The quantitative estimate of drug-likeness (QED) is 0.865. The lowest BCUT2D eigenvalue weighted by molar-refractivity contribution is -0.138. The van der Waals surface area contributed by atoms with Gasteiger partial charge in [0.1, 0.15) is 0 Å². The van der Waals surface area contributed by atoms with Gasteiger partial charge >= 0.3 is 0 Å². The molecule has 1 aromatic rings. The van der Waals surface area contributed by atoms with E-state index in [4.69, 9.17) is 0 Å². The fourth-order valence-corrected chi connectivity index (χ4v) is 4.52. The molecule has 0 aromatic heterocycles. The van der Waals surface area contributed by atoms with Gasteiger partial charge in [0.25, 0.3) is 0 Å². The Morgan fingerprint density at radius 3 is 2.56 bits per heavy atom. The van der Waals surface area contributed by atoms with Crippen molar-refractivity contribution in [3.8, 4) is 0 Å². The monoisotopic (exact) mass is 342 g/mol. The largest absolute Gasteiger partial charge is 0.386 e. The summed E-state index contributed by atoms with van der Waals surface area (Å²) in [5.41, 5.74) is 1.43. The van der Waals surface area contributed by atoms with Crippen LogP contribution in [0.3, 0.4) is 0 Å². The summed E-state index contributed by atoms with van der Waals surface area (Å²) in [6.45, 7) is 6.33. The molecule has 3 atom stereocenters. The van der Waals surface area contributed by atoms with E-state index in [2.05, 4.69) is 22.3 Å². The molecule has 3 aliphatic rings. The van der Waals surface area contributed by atoms with E-state index in [9.17, 15) is 9.90 Å². The first-order valence-electron chi connectivity index (χ1n) is 9.78. The van der Waals surface area contributed by atoms with Gasteiger partial charge in [-0.2, -0.15) is 0 Å². The van der Waals surface area contributed by atoms with E-state index in [1.807, 2.05) is 26.0 Å². The number of likely N-dealkylation sites (tertiary alicyclic amines) is 1. The minimum absolute atomic E-state index is 0.00749. The molecule has 4 rings (SSSR count). The molecule has 1 aliphatic carbocycles. The molecule has 4 nitrogen and oxygen atoms in total. The minimum Gasteiger partial charge on any atom is -0.386 e. The molecule has 0 spiro atoms. The third-order valence-electron chi connectivity index (χ3n) is 6.33. The van der Waals surface area contributed by atoms with Crippen LogP contribution >= 0.6 is 0 Å². The van der Waals surface area contributed by atoms with E-state index >= 15 is 0 Å². The molecule has 25 heavy (non-hydrogen) atoms. The predicted molar refractivity (Wildman–Crippen MR) is 98.2 cm³/mol. The van der Waals surface area contributed by atoms with Gasteiger partial charge in [0.2, 0.25) is 5.91 Å². The van der Waals surface area contributed by atoms with Crippen molar-refractivity contribution < 1.29 is 9.90 Å². The number of rotatable bonds is 5. The summed E-state index contributed by atoms with van der Waals surface area (Å²) in [6.07, 6.45) is 4.92. The van der Waals surface area contributed by atoms with Crippen molar-refractivity contribution in [1.82, 2.24) is 10.2 Å². The fraction of sp³-hybridized carbons (Fsp3) is 0.667. The van der Waals surface area contributed by atoms with Gasteiger partial charge in [-0.25, -0.2) is 0 Å². The Balaban J connectivity index is 1.54. The summed E-state index contributed by atoms with van der Waals surface area (Å²) in [7, 11) is 0. The lowest BCUT2D eigenvalue weighted by Gasteiger charge is -2.40. The van der Waals surface area contributed by atoms with Crippen LogP contribution in [0.1, 0.15) is 56.6 Å². The zero-order valence-electron chi connectivity index (χ0n) is 15.4. The zero-order valence-corrected chi connectivity index (χ0v) is 15.4. The van der Waals surface area contributed by atoms with Crippen LogP contribution in [0.2, 0.25) is 0 Å². The minimum atomic E-state index is -0.811. The first kappa shape index (κ1) is 17.0. The summed E-state index contributed by atoms with van der Waals surface area (Å²) in [4.78, 5) is 14.9. The van der Waals surface area contributed by atoms with E-state index in [-0.39, 0.29) is 6.04 Å². The molecule has 4 heteroatoms. The molecule has 2 heterocycles. The number of hydrogen-bond donors (Lipinski definition) is 2. The number of nitrogens with one attached hydrogen (secondary N) is 1. The zero-order chi connectivity index (χ0) is 17.6. The lowest BCUT2D eigenvalue weighted by atomic mass is 9.77. The number of nitrogens with zero attached hydrogens (tertiary/aromatic N) is 1. The molecule has 3 fully saturated rings. The molecular weight excluding hydrogens is 312 g/mol. The van der Waals surface area contributed by atoms with Gasteiger partial charge in [0.05, 0.1) is 11.6 Å². The normalized spacial score (nSPS) is 29.8. The highest BCUT2D eigenvalue weighted by molar-refractivity contribution is 5.84. The number of carbonyl (C=O) groups is 1. The molecule has 2 saturated heterocycles. The highest BCUT2D eigenvalue weighted by Gasteiger charge is 2.45. The second-order valence-electron chi connectivity index (χ2n) is 8.69. The van der Waals surface area contributed by atoms with E-state index in [1.165, 1.54) is 18.4 Å². The number of hydrogen-bond acceptors (Lipinski definition) is 3. The molecule has 2 aliphatic heterocycles. The highest BCUT2D eigenvalue weighted by atomic mass is 16.3. The Kier molecular flexibility index (Phi) is 4.37. The first-order valence-corrected chi connectivity index (χ1v) is 9.78. The van der Waals surface area contributed by atoms with Crippen molar-refractivity contribution in [2.24, 2.45) is 11.8 Å². The smallest absolute Gasteiger partial charge is 0.240 e. The van der Waals surface area contributed by atoms with Crippen LogP contribution < -0.4 is 5.32 Å². The summed E-state index contributed by atoms with van der Waals surface area (Å²) >= 11 is 0. The van der Waals surface area contributed by atoms with Crippen LogP contribution in [-0.2, 0) is 10.4 Å². The average molecular weight is 342 g/mol. The first-order chi connectivity index (χ1) is 11.9. The topological polar surface area (TPSA) is 52.6 Å². The number of amides is 1. The molecule has 0 radical (unpaired) electrons. The molecule has 1 aromatic carbocycles. The van der Waals surface area contributed by atoms with Gasteiger partial charge < -0.3 is 15.3 Å². The second kappa shape index (κ2) is 6.40. The standard InChI is InChI=1S/C21H30N2O2/c1-21(2,25)16-7-5-15(6-8-16)18-13-23(12-10-14-3-4-14)20(24)19-17(18)9-11-22-19/h5-8,14,17-19,22,25H,3-4,9-13H2,1-2H3. The second-order valence-corrected chi connectivity index (χ2v) is 8.69. The summed E-state index contributed by atoms with van der Waals surface area (Å²) < 4.78 is 0. The Labute approximate surface area is 150 Å². The summed E-state index contributed by atoms with van der Waals surface area (Å²) in [6, 6.07) is 8.38. The van der Waals surface area contributed by atoms with Crippen molar-refractivity contribution in [1.29, 1.82) is 0 Å². The van der Waals surface area contributed by atoms with Crippen LogP contribution in [-0.4, -0.2) is 41.6 Å². The molecule has 2 N–H and O–H groups in total. The SMILES string of the molecule is CC(C)(O)c1ccc(C2CN(CCC3CC3)C(=O)C3NCCC32)cc1. The van der Waals surface area contributed by atoms with E-state index in [1.54, 1.807) is 0 Å². The van der Waals surface area contributed by atoms with Gasteiger partial charge in [0, 0.05) is 19.0 Å². The number of carbonyl (C=O) groups excluding carboxylic acids is 1. The van der Waals surface area contributed by atoms with Gasteiger partial charge in [-0.05, 0) is 56.2 Å². The third-order valence-corrected chi connectivity index (χ3v) is 6.33. The molecule has 1 amide bonds. The Hall–Kier alpha value is -1.39. The molecule has 0 bridgehead atoms. The average Bonchev–Trinajstić information content (AvgIpc) is 3.28. The van der Waals surface area contributed by atoms with Gasteiger partial charge in [0.15, 0.2) is 0 Å². The summed E-state index contributed by atoms with van der Waals surface area (Å²) in [5, 5.41) is 13.6. The van der Waals surface area contributed by atoms with Gasteiger partial charge in [-0.15, -0.1) is 0 Å². The number of fused-ring (bicyclic) bond motifs is 1. The van der Waals surface area contributed by atoms with E-state index < -0.39 is 5.60 Å². The maximum Gasteiger partial charge on any atom is 0.240 e. The maximum atomic E-state index is 12.8. The van der Waals surface area contributed by atoms with Crippen LogP contribution in [0.4, 0.5) is 0 Å². The van der Waals surface area contributed by atoms with Crippen LogP contribution in [0.25, 0.3) is 0 Å². The molecule has 3 unspecified atom stereocenters. The lowest BCUT2D eigenvalue weighted by Crippen LogP contribution is -2.54. The predicted octanol–water partition coefficient (Wildman–Crippen LogP) is 2.62.